The van der Waals surface area contributed by atoms with Crippen LogP contribution in [0.3, 0.4) is 0 Å². The molecule has 150 valence electrons. The molecule has 1 amide bonds. The van der Waals surface area contributed by atoms with Crippen molar-refractivity contribution in [2.75, 3.05) is 20.8 Å². The molecule has 0 aromatic heterocycles. The summed E-state index contributed by atoms with van der Waals surface area (Å²) in [4.78, 5) is 12.0. The third-order valence-corrected chi connectivity index (χ3v) is 4.24. The second-order valence-electron chi connectivity index (χ2n) is 7.36. The number of hydrazone groups is 1. The van der Waals surface area contributed by atoms with Crippen LogP contribution in [0.4, 0.5) is 0 Å². The van der Waals surface area contributed by atoms with Gasteiger partial charge in [0.25, 0.3) is 5.91 Å². The second kappa shape index (κ2) is 9.26. The summed E-state index contributed by atoms with van der Waals surface area (Å²) in [7, 11) is 3.16. The van der Waals surface area contributed by atoms with Gasteiger partial charge in [0.05, 0.1) is 19.9 Å². The van der Waals surface area contributed by atoms with E-state index in [4.69, 9.17) is 14.2 Å². The number of nitrogens with zero attached hydrogens (tertiary/aromatic N) is 1. The van der Waals surface area contributed by atoms with E-state index in [1.807, 2.05) is 36.4 Å². The molecule has 0 fully saturated rings. The van der Waals surface area contributed by atoms with Crippen LogP contribution in [0.5, 0.6) is 17.2 Å². The van der Waals surface area contributed by atoms with Gasteiger partial charge in [-0.05, 0) is 42.2 Å². The van der Waals surface area contributed by atoms with E-state index in [0.717, 1.165) is 5.56 Å². The number of methoxy groups -OCH3 is 2. The van der Waals surface area contributed by atoms with Crippen molar-refractivity contribution >= 4 is 11.6 Å². The van der Waals surface area contributed by atoms with E-state index in [1.165, 1.54) is 5.56 Å². The van der Waals surface area contributed by atoms with E-state index in [0.29, 0.717) is 23.0 Å². The summed E-state index contributed by atoms with van der Waals surface area (Å²) in [6.07, 6.45) is 0. The summed E-state index contributed by atoms with van der Waals surface area (Å²) in [5.74, 6) is 1.60. The van der Waals surface area contributed by atoms with E-state index in [9.17, 15) is 4.79 Å². The Morgan fingerprint density at radius 3 is 2.21 bits per heavy atom. The molecule has 0 saturated heterocycles. The molecule has 6 heteroatoms. The molecule has 0 aliphatic heterocycles. The van der Waals surface area contributed by atoms with E-state index >= 15 is 0 Å². The van der Waals surface area contributed by atoms with Crippen molar-refractivity contribution in [2.24, 2.45) is 5.10 Å². The van der Waals surface area contributed by atoms with Crippen molar-refractivity contribution in [2.45, 2.75) is 33.1 Å². The predicted octanol–water partition coefficient (Wildman–Crippen LogP) is 3.92. The van der Waals surface area contributed by atoms with Crippen molar-refractivity contribution in [1.29, 1.82) is 0 Å². The molecule has 6 nitrogen and oxygen atoms in total. The zero-order valence-electron chi connectivity index (χ0n) is 17.3. The Hall–Kier alpha value is -3.02. The summed E-state index contributed by atoms with van der Waals surface area (Å²) in [5, 5.41) is 4.13. The molecule has 2 aromatic rings. The van der Waals surface area contributed by atoms with E-state index < -0.39 is 0 Å². The summed E-state index contributed by atoms with van der Waals surface area (Å²) in [6.45, 7) is 8.11. The highest BCUT2D eigenvalue weighted by molar-refractivity contribution is 6.01. The molecule has 0 aliphatic rings. The van der Waals surface area contributed by atoms with Gasteiger partial charge in [0, 0.05) is 11.6 Å². The number of nitrogens with one attached hydrogen (secondary N) is 1. The van der Waals surface area contributed by atoms with Crippen LogP contribution in [0, 0.1) is 0 Å². The lowest BCUT2D eigenvalue weighted by molar-refractivity contribution is -0.123. The minimum absolute atomic E-state index is 0.0741. The first-order chi connectivity index (χ1) is 13.2. The van der Waals surface area contributed by atoms with Crippen LogP contribution in [-0.2, 0) is 10.2 Å². The number of hydrogen-bond acceptors (Lipinski definition) is 5. The van der Waals surface area contributed by atoms with Crippen molar-refractivity contribution < 1.29 is 19.0 Å². The summed E-state index contributed by atoms with van der Waals surface area (Å²) in [6, 6.07) is 13.1. The zero-order valence-corrected chi connectivity index (χ0v) is 17.3. The predicted molar refractivity (Wildman–Crippen MR) is 111 cm³/mol. The van der Waals surface area contributed by atoms with Crippen LogP contribution in [0.1, 0.15) is 38.8 Å². The minimum atomic E-state index is -0.341. The highest BCUT2D eigenvalue weighted by Crippen LogP contribution is 2.25. The van der Waals surface area contributed by atoms with Crippen molar-refractivity contribution in [1.82, 2.24) is 5.43 Å². The normalized spacial score (nSPS) is 11.7. The Kier molecular flexibility index (Phi) is 7.04. The lowest BCUT2D eigenvalue weighted by atomic mass is 9.87. The average Bonchev–Trinajstić information content (AvgIpc) is 2.69. The minimum Gasteiger partial charge on any atom is -0.497 e. The Labute approximate surface area is 166 Å². The number of benzene rings is 2. The summed E-state index contributed by atoms with van der Waals surface area (Å²) in [5.41, 5.74) is 5.16. The SMILES string of the molecule is COc1ccc(/C(C)=N/NC(=O)COc2ccc(C(C)(C)C)cc2)c(OC)c1. The first-order valence-electron chi connectivity index (χ1n) is 9.03. The first kappa shape index (κ1) is 21.3. The van der Waals surface area contributed by atoms with Crippen LogP contribution in [0.15, 0.2) is 47.6 Å². The fourth-order valence-electron chi connectivity index (χ4n) is 2.54. The molecule has 0 atom stereocenters. The van der Waals surface area contributed by atoms with Crippen molar-refractivity contribution in [3.05, 3.63) is 53.6 Å². The maximum Gasteiger partial charge on any atom is 0.277 e. The Bertz CT molecular complexity index is 837. The number of carbonyl (C=O) groups is 1. The monoisotopic (exact) mass is 384 g/mol. The molecule has 0 bridgehead atoms. The molecular formula is C22H28N2O4. The van der Waals surface area contributed by atoms with Gasteiger partial charge in [0.15, 0.2) is 6.61 Å². The maximum atomic E-state index is 12.0. The zero-order chi connectivity index (χ0) is 20.7. The smallest absolute Gasteiger partial charge is 0.277 e. The first-order valence-corrected chi connectivity index (χ1v) is 9.03. The number of amides is 1. The highest BCUT2D eigenvalue weighted by atomic mass is 16.5. The highest BCUT2D eigenvalue weighted by Gasteiger charge is 2.13. The van der Waals surface area contributed by atoms with Gasteiger partial charge in [-0.25, -0.2) is 5.43 Å². The molecule has 0 spiro atoms. The largest absolute Gasteiger partial charge is 0.497 e. The van der Waals surface area contributed by atoms with E-state index in [2.05, 4.69) is 31.3 Å². The third kappa shape index (κ3) is 5.74. The van der Waals surface area contributed by atoms with Gasteiger partial charge in [0.2, 0.25) is 0 Å². The number of ether oxygens (including phenoxy) is 3. The molecule has 2 rings (SSSR count). The molecule has 2 aromatic carbocycles. The van der Waals surface area contributed by atoms with Gasteiger partial charge in [-0.2, -0.15) is 5.10 Å². The molecule has 0 saturated carbocycles. The van der Waals surface area contributed by atoms with Crippen LogP contribution in [0.25, 0.3) is 0 Å². The summed E-state index contributed by atoms with van der Waals surface area (Å²) >= 11 is 0. The van der Waals surface area contributed by atoms with Crippen LogP contribution >= 0.6 is 0 Å². The number of rotatable bonds is 7. The average molecular weight is 384 g/mol. The maximum absolute atomic E-state index is 12.0. The molecule has 1 N–H and O–H groups in total. The molecule has 0 aliphatic carbocycles. The van der Waals surface area contributed by atoms with Gasteiger partial charge in [-0.15, -0.1) is 0 Å². The molecule has 0 unspecified atom stereocenters. The lowest BCUT2D eigenvalue weighted by Gasteiger charge is -2.19. The van der Waals surface area contributed by atoms with Crippen molar-refractivity contribution in [3.8, 4) is 17.2 Å². The van der Waals surface area contributed by atoms with Crippen LogP contribution in [-0.4, -0.2) is 32.4 Å². The van der Waals surface area contributed by atoms with Crippen LogP contribution < -0.4 is 19.6 Å². The van der Waals surface area contributed by atoms with Crippen LogP contribution in [0.2, 0.25) is 0 Å². The van der Waals surface area contributed by atoms with E-state index in [-0.39, 0.29) is 17.9 Å². The molecular weight excluding hydrogens is 356 g/mol. The third-order valence-electron chi connectivity index (χ3n) is 4.24. The number of hydrogen-bond donors (Lipinski definition) is 1. The van der Waals surface area contributed by atoms with Gasteiger partial charge in [-0.1, -0.05) is 32.9 Å². The molecule has 28 heavy (non-hydrogen) atoms. The van der Waals surface area contributed by atoms with Gasteiger partial charge < -0.3 is 14.2 Å². The Morgan fingerprint density at radius 1 is 1.00 bits per heavy atom. The van der Waals surface area contributed by atoms with Gasteiger partial charge in [0.1, 0.15) is 17.2 Å². The van der Waals surface area contributed by atoms with Gasteiger partial charge >= 0.3 is 0 Å². The van der Waals surface area contributed by atoms with E-state index in [1.54, 1.807) is 27.2 Å². The quantitative estimate of drug-likeness (QED) is 0.580. The second-order valence-corrected chi connectivity index (χ2v) is 7.36. The lowest BCUT2D eigenvalue weighted by Crippen LogP contribution is -2.25. The topological polar surface area (TPSA) is 69.2 Å². The van der Waals surface area contributed by atoms with Gasteiger partial charge in [-0.3, -0.25) is 4.79 Å². The fraction of sp³-hybridized carbons (Fsp3) is 0.364. The van der Waals surface area contributed by atoms with Crippen molar-refractivity contribution in [3.63, 3.8) is 0 Å². The molecule has 0 radical (unpaired) electrons. The molecule has 0 heterocycles. The summed E-state index contributed by atoms with van der Waals surface area (Å²) < 4.78 is 16.1. The Balaban J connectivity index is 1.94. The fourth-order valence-corrected chi connectivity index (χ4v) is 2.54. The Morgan fingerprint density at radius 2 is 1.64 bits per heavy atom. The standard InChI is InChI=1S/C22H28N2O4/c1-15(19-12-11-18(26-5)13-20(19)27-6)23-24-21(25)14-28-17-9-7-16(8-10-17)22(2,3)4/h7-13H,14H2,1-6H3,(H,24,25)/b23-15+. The number of carbonyl (C=O) groups excluding carboxylic acids is 1.